The summed E-state index contributed by atoms with van der Waals surface area (Å²) >= 11 is 3.59. The molecule has 1 aliphatic rings. The van der Waals surface area contributed by atoms with Gasteiger partial charge in [0.1, 0.15) is 11.6 Å². The summed E-state index contributed by atoms with van der Waals surface area (Å²) in [4.78, 5) is 3.99. The van der Waals surface area contributed by atoms with Crippen LogP contribution in [0, 0.1) is 5.82 Å². The zero-order valence-electron chi connectivity index (χ0n) is 17.3. The lowest BCUT2D eigenvalue weighted by Crippen LogP contribution is -2.28. The summed E-state index contributed by atoms with van der Waals surface area (Å²) in [6, 6.07) is 10.0. The van der Waals surface area contributed by atoms with Crippen molar-refractivity contribution in [1.29, 1.82) is 0 Å². The molecular weight excluding hydrogens is 483 g/mol. The molecule has 0 spiro atoms. The Bertz CT molecular complexity index is 1260. The molecule has 6 nitrogen and oxygen atoms in total. The highest BCUT2D eigenvalue weighted by molar-refractivity contribution is 9.09. The number of rotatable bonds is 4. The monoisotopic (exact) mass is 504 g/mol. The molecule has 2 aromatic heterocycles. The van der Waals surface area contributed by atoms with Gasteiger partial charge in [-0.25, -0.2) is 17.5 Å². The number of hydrogen-bond donors (Lipinski definition) is 1. The predicted octanol–water partition coefficient (Wildman–Crippen LogP) is 5.00. The van der Waals surface area contributed by atoms with E-state index in [-0.39, 0.29) is 15.1 Å². The van der Waals surface area contributed by atoms with Crippen molar-refractivity contribution in [2.75, 3.05) is 0 Å². The van der Waals surface area contributed by atoms with Crippen molar-refractivity contribution in [3.63, 3.8) is 0 Å². The van der Waals surface area contributed by atoms with E-state index in [1.807, 2.05) is 12.1 Å². The molecule has 162 valence electrons. The van der Waals surface area contributed by atoms with Gasteiger partial charge < -0.3 is 0 Å². The van der Waals surface area contributed by atoms with E-state index in [4.69, 9.17) is 0 Å². The van der Waals surface area contributed by atoms with Gasteiger partial charge in [0.15, 0.2) is 0 Å². The van der Waals surface area contributed by atoms with Gasteiger partial charge in [0.25, 0.3) is 10.0 Å². The Morgan fingerprint density at radius 2 is 1.87 bits per heavy atom. The summed E-state index contributed by atoms with van der Waals surface area (Å²) in [5, 5.41) is 4.50. The molecule has 9 heteroatoms. The number of hydrogen-bond acceptors (Lipinski definition) is 4. The second kappa shape index (κ2) is 7.87. The molecule has 3 heterocycles. The van der Waals surface area contributed by atoms with E-state index in [1.165, 1.54) is 16.9 Å². The van der Waals surface area contributed by atoms with Crippen molar-refractivity contribution in [2.45, 2.75) is 42.3 Å². The van der Waals surface area contributed by atoms with Crippen LogP contribution in [0.3, 0.4) is 0 Å². The summed E-state index contributed by atoms with van der Waals surface area (Å²) in [5.74, 6) is -0.129. The molecule has 0 saturated carbocycles. The Morgan fingerprint density at radius 1 is 1.16 bits per heavy atom. The maximum Gasteiger partial charge on any atom is 0.263 e. The fourth-order valence-corrected chi connectivity index (χ4v) is 4.91. The van der Waals surface area contributed by atoms with Crippen molar-refractivity contribution in [2.24, 2.45) is 0 Å². The molecular formula is C22H22BrFN4O2S. The van der Waals surface area contributed by atoms with E-state index in [0.29, 0.717) is 23.5 Å². The zero-order valence-corrected chi connectivity index (χ0v) is 19.7. The van der Waals surface area contributed by atoms with E-state index in [1.54, 1.807) is 24.3 Å². The first kappa shape index (κ1) is 21.7. The minimum atomic E-state index is -3.81. The zero-order chi connectivity index (χ0) is 22.4. The summed E-state index contributed by atoms with van der Waals surface area (Å²) in [6.07, 6.45) is 4.99. The quantitative estimate of drug-likeness (QED) is 0.507. The normalized spacial score (nSPS) is 16.5. The molecule has 1 aromatic carbocycles. The van der Waals surface area contributed by atoms with Gasteiger partial charge in [-0.1, -0.05) is 48.8 Å². The van der Waals surface area contributed by atoms with E-state index in [9.17, 15) is 12.8 Å². The van der Waals surface area contributed by atoms with Crippen LogP contribution < -0.4 is 4.72 Å². The Hall–Kier alpha value is -2.52. The van der Waals surface area contributed by atoms with Crippen molar-refractivity contribution >= 4 is 31.8 Å². The topological polar surface area (TPSA) is 76.9 Å². The maximum absolute atomic E-state index is 13.6. The van der Waals surface area contributed by atoms with Crippen molar-refractivity contribution in [3.05, 3.63) is 71.9 Å². The number of halogens is 2. The minimum absolute atomic E-state index is 0.0467. The number of nitrogens with one attached hydrogen (secondary N) is 1. The van der Waals surface area contributed by atoms with Crippen LogP contribution in [-0.4, -0.2) is 23.2 Å². The number of fused-ring (bicyclic) bond motifs is 1. The van der Waals surface area contributed by atoms with Crippen LogP contribution in [0.1, 0.15) is 43.3 Å². The average Bonchev–Trinajstić information content (AvgIpc) is 3.16. The van der Waals surface area contributed by atoms with Crippen LogP contribution in [0.4, 0.5) is 4.39 Å². The molecule has 4 rings (SSSR count). The first-order valence-corrected chi connectivity index (χ1v) is 12.1. The van der Waals surface area contributed by atoms with Gasteiger partial charge in [-0.05, 0) is 47.7 Å². The lowest BCUT2D eigenvalue weighted by Gasteiger charge is -2.21. The Kier molecular flexibility index (Phi) is 5.51. The lowest BCUT2D eigenvalue weighted by molar-refractivity contribution is 0.583. The van der Waals surface area contributed by atoms with Crippen molar-refractivity contribution in [1.82, 2.24) is 19.5 Å². The molecule has 1 unspecified atom stereocenters. The van der Waals surface area contributed by atoms with Gasteiger partial charge in [-0.2, -0.15) is 5.10 Å². The minimum Gasteiger partial charge on any atom is -0.264 e. The standard InChI is InChI=1S/C22H22BrFN4O2S/c1-22(2,3)15-4-6-17(7-5-15)31(29,30)27-21-9-8-18(23)20-11-19(26-28(20)21)14-10-16(24)13-25-12-14/h4-7,9-13,18,27H,8H2,1-3H3. The van der Waals surface area contributed by atoms with Crippen LogP contribution in [-0.2, 0) is 15.4 Å². The fraction of sp³-hybridized carbons (Fsp3) is 0.273. The molecule has 0 aliphatic carbocycles. The molecule has 1 atom stereocenters. The molecule has 31 heavy (non-hydrogen) atoms. The highest BCUT2D eigenvalue weighted by Crippen LogP contribution is 2.35. The van der Waals surface area contributed by atoms with Crippen molar-refractivity contribution < 1.29 is 12.8 Å². The van der Waals surface area contributed by atoms with Gasteiger partial charge in [-0.15, -0.1) is 0 Å². The largest absolute Gasteiger partial charge is 0.264 e. The molecule has 0 saturated heterocycles. The van der Waals surface area contributed by atoms with Crippen molar-refractivity contribution in [3.8, 4) is 11.3 Å². The highest BCUT2D eigenvalue weighted by atomic mass is 79.9. The van der Waals surface area contributed by atoms with E-state index in [2.05, 4.69) is 51.5 Å². The van der Waals surface area contributed by atoms with E-state index >= 15 is 0 Å². The van der Waals surface area contributed by atoms with Crippen LogP contribution >= 0.6 is 15.9 Å². The SMILES string of the molecule is CC(C)(C)c1ccc(S(=O)(=O)NC2=CCC(Br)c3cc(-c4cncc(F)c4)nn32)cc1. The van der Waals surface area contributed by atoms with Gasteiger partial charge >= 0.3 is 0 Å². The van der Waals surface area contributed by atoms with Gasteiger partial charge in [-0.3, -0.25) is 9.71 Å². The number of sulfonamides is 1. The summed E-state index contributed by atoms with van der Waals surface area (Å²) in [5.41, 5.74) is 2.77. The van der Waals surface area contributed by atoms with Crippen LogP contribution in [0.5, 0.6) is 0 Å². The Morgan fingerprint density at radius 3 is 2.52 bits per heavy atom. The van der Waals surface area contributed by atoms with E-state index in [0.717, 1.165) is 17.5 Å². The van der Waals surface area contributed by atoms with Gasteiger partial charge in [0.2, 0.25) is 0 Å². The molecule has 3 aromatic rings. The average molecular weight is 505 g/mol. The summed E-state index contributed by atoms with van der Waals surface area (Å²) in [6.45, 7) is 6.22. The van der Waals surface area contributed by atoms with Crippen LogP contribution in [0.15, 0.2) is 59.8 Å². The third-order valence-electron chi connectivity index (χ3n) is 5.07. The predicted molar refractivity (Wildman–Crippen MR) is 121 cm³/mol. The second-order valence-electron chi connectivity index (χ2n) is 8.43. The summed E-state index contributed by atoms with van der Waals surface area (Å²) < 4.78 is 43.8. The third kappa shape index (κ3) is 4.43. The first-order chi connectivity index (χ1) is 14.5. The van der Waals surface area contributed by atoms with Crippen LogP contribution in [0.2, 0.25) is 0 Å². The second-order valence-corrected chi connectivity index (χ2v) is 11.2. The summed E-state index contributed by atoms with van der Waals surface area (Å²) in [7, 11) is -3.81. The van der Waals surface area contributed by atoms with Crippen LogP contribution in [0.25, 0.3) is 17.1 Å². The van der Waals surface area contributed by atoms with Gasteiger partial charge in [0, 0.05) is 11.8 Å². The number of pyridine rings is 1. The maximum atomic E-state index is 13.6. The fourth-order valence-electron chi connectivity index (χ4n) is 3.34. The lowest BCUT2D eigenvalue weighted by atomic mass is 9.87. The number of benzene rings is 1. The highest BCUT2D eigenvalue weighted by Gasteiger charge is 2.26. The molecule has 0 bridgehead atoms. The molecule has 0 radical (unpaired) electrons. The Balaban J connectivity index is 1.66. The first-order valence-electron chi connectivity index (χ1n) is 9.73. The smallest absolute Gasteiger partial charge is 0.263 e. The number of allylic oxidation sites excluding steroid dienone is 1. The van der Waals surface area contributed by atoms with Gasteiger partial charge in [0.05, 0.1) is 27.3 Å². The Labute approximate surface area is 189 Å². The molecule has 0 fully saturated rings. The molecule has 0 amide bonds. The third-order valence-corrected chi connectivity index (χ3v) is 7.29. The van der Waals surface area contributed by atoms with E-state index < -0.39 is 15.8 Å². The number of nitrogens with zero attached hydrogens (tertiary/aromatic N) is 3. The molecule has 1 aliphatic heterocycles. The number of aromatic nitrogens is 3. The molecule has 1 N–H and O–H groups in total. The number of alkyl halides is 1.